The van der Waals surface area contributed by atoms with Gasteiger partial charge in [-0.3, -0.25) is 4.90 Å². The van der Waals surface area contributed by atoms with Crippen LogP contribution in [0.2, 0.25) is 0 Å². The molecule has 0 radical (unpaired) electrons. The van der Waals surface area contributed by atoms with Crippen molar-refractivity contribution in [3.8, 4) is 6.07 Å². The maximum Gasteiger partial charge on any atom is 0.104 e. The highest BCUT2D eigenvalue weighted by atomic mass is 15.1. The van der Waals surface area contributed by atoms with Crippen molar-refractivity contribution in [1.82, 2.24) is 4.90 Å². The summed E-state index contributed by atoms with van der Waals surface area (Å²) in [6, 6.07) is 8.74. The van der Waals surface area contributed by atoms with Gasteiger partial charge in [0.05, 0.1) is 6.07 Å². The zero-order valence-electron chi connectivity index (χ0n) is 10.8. The number of nitrogens with zero attached hydrogens (tertiary/aromatic N) is 2. The summed E-state index contributed by atoms with van der Waals surface area (Å²) in [6.45, 7) is 6.32. The second-order valence-corrected chi connectivity index (χ2v) is 4.69. The second kappa shape index (κ2) is 5.14. The highest BCUT2D eigenvalue weighted by molar-refractivity contribution is 5.34. The molecular weight excluding hydrogens is 196 g/mol. The molecule has 0 fully saturated rings. The Morgan fingerprint density at radius 3 is 2.38 bits per heavy atom. The number of benzene rings is 1. The normalized spacial score (nSPS) is 14.6. The monoisotopic (exact) mass is 216 g/mol. The summed E-state index contributed by atoms with van der Waals surface area (Å²) in [7, 11) is 3.91. The highest BCUT2D eigenvalue weighted by Gasteiger charge is 2.21. The van der Waals surface area contributed by atoms with Crippen LogP contribution >= 0.6 is 0 Å². The molecule has 0 aliphatic rings. The average molecular weight is 216 g/mol. The first-order chi connectivity index (χ1) is 7.47. The van der Waals surface area contributed by atoms with Crippen LogP contribution in [0.1, 0.15) is 29.5 Å². The zero-order valence-corrected chi connectivity index (χ0v) is 10.8. The SMILES string of the molecule is Cc1ccc(C)c(C(C)C(C#N)N(C)C)c1. The molecule has 0 saturated carbocycles. The summed E-state index contributed by atoms with van der Waals surface area (Å²) in [6.07, 6.45) is 0. The van der Waals surface area contributed by atoms with Crippen molar-refractivity contribution in [3.05, 3.63) is 34.9 Å². The van der Waals surface area contributed by atoms with Gasteiger partial charge in [-0.1, -0.05) is 30.7 Å². The quantitative estimate of drug-likeness (QED) is 0.777. The Morgan fingerprint density at radius 2 is 1.88 bits per heavy atom. The molecule has 0 spiro atoms. The van der Waals surface area contributed by atoms with Crippen LogP contribution in [0.5, 0.6) is 0 Å². The molecule has 1 aromatic rings. The Balaban J connectivity index is 3.08. The number of nitriles is 1. The Morgan fingerprint density at radius 1 is 1.25 bits per heavy atom. The minimum atomic E-state index is -0.0690. The second-order valence-electron chi connectivity index (χ2n) is 4.69. The molecule has 1 aromatic carbocycles. The average Bonchev–Trinajstić information content (AvgIpc) is 2.22. The molecule has 0 N–H and O–H groups in total. The van der Waals surface area contributed by atoms with E-state index in [2.05, 4.69) is 45.0 Å². The number of hydrogen-bond acceptors (Lipinski definition) is 2. The van der Waals surface area contributed by atoms with Gasteiger partial charge >= 0.3 is 0 Å². The highest BCUT2D eigenvalue weighted by Crippen LogP contribution is 2.25. The molecule has 1 rings (SSSR count). The fourth-order valence-corrected chi connectivity index (χ4v) is 2.10. The minimum Gasteiger partial charge on any atom is -0.294 e. The zero-order chi connectivity index (χ0) is 12.3. The van der Waals surface area contributed by atoms with Gasteiger partial charge in [0.25, 0.3) is 0 Å². The first kappa shape index (κ1) is 12.7. The molecule has 86 valence electrons. The molecule has 2 nitrogen and oxygen atoms in total. The van der Waals surface area contributed by atoms with Crippen LogP contribution in [0.15, 0.2) is 18.2 Å². The molecule has 0 amide bonds. The van der Waals surface area contributed by atoms with Gasteiger partial charge in [-0.25, -0.2) is 0 Å². The van der Waals surface area contributed by atoms with Crippen LogP contribution in [0, 0.1) is 25.2 Å². The number of hydrogen-bond donors (Lipinski definition) is 0. The van der Waals surface area contributed by atoms with Crippen LogP contribution in [0.3, 0.4) is 0 Å². The molecule has 2 atom stereocenters. The first-order valence-electron chi connectivity index (χ1n) is 5.60. The predicted octanol–water partition coefficient (Wildman–Crippen LogP) is 2.86. The van der Waals surface area contributed by atoms with Gasteiger partial charge in [0.2, 0.25) is 0 Å². The lowest BCUT2D eigenvalue weighted by Gasteiger charge is -2.25. The molecule has 0 aliphatic carbocycles. The first-order valence-corrected chi connectivity index (χ1v) is 5.60. The van der Waals surface area contributed by atoms with Gasteiger partial charge in [-0.05, 0) is 39.1 Å². The Kier molecular flexibility index (Phi) is 4.09. The van der Waals surface area contributed by atoms with Crippen LogP contribution in [0.4, 0.5) is 0 Å². The predicted molar refractivity (Wildman–Crippen MR) is 67.4 cm³/mol. The molecule has 0 heterocycles. The van der Waals surface area contributed by atoms with Crippen LogP contribution in [-0.4, -0.2) is 25.0 Å². The molecule has 16 heavy (non-hydrogen) atoms. The third-order valence-electron chi connectivity index (χ3n) is 3.09. The van der Waals surface area contributed by atoms with E-state index in [1.807, 2.05) is 19.0 Å². The lowest BCUT2D eigenvalue weighted by atomic mass is 9.89. The fraction of sp³-hybridized carbons (Fsp3) is 0.500. The summed E-state index contributed by atoms with van der Waals surface area (Å²) in [4.78, 5) is 1.98. The van der Waals surface area contributed by atoms with E-state index >= 15 is 0 Å². The Hall–Kier alpha value is -1.33. The summed E-state index contributed by atoms with van der Waals surface area (Å²) < 4.78 is 0. The van der Waals surface area contributed by atoms with Crippen molar-refractivity contribution < 1.29 is 0 Å². The molecule has 0 aromatic heterocycles. The minimum absolute atomic E-state index is 0.0690. The van der Waals surface area contributed by atoms with E-state index in [9.17, 15) is 5.26 Å². The van der Waals surface area contributed by atoms with Crippen LogP contribution in [-0.2, 0) is 0 Å². The fourth-order valence-electron chi connectivity index (χ4n) is 2.10. The van der Waals surface area contributed by atoms with Gasteiger partial charge in [-0.2, -0.15) is 5.26 Å². The summed E-state index contributed by atoms with van der Waals surface area (Å²) in [5, 5.41) is 9.20. The lowest BCUT2D eigenvalue weighted by Crippen LogP contribution is -2.31. The topological polar surface area (TPSA) is 27.0 Å². The van der Waals surface area contributed by atoms with Crippen LogP contribution < -0.4 is 0 Å². The van der Waals surface area contributed by atoms with Gasteiger partial charge in [0.1, 0.15) is 6.04 Å². The van der Waals surface area contributed by atoms with E-state index in [1.54, 1.807) is 0 Å². The van der Waals surface area contributed by atoms with E-state index in [-0.39, 0.29) is 12.0 Å². The smallest absolute Gasteiger partial charge is 0.104 e. The summed E-state index contributed by atoms with van der Waals surface area (Å²) in [5.74, 6) is 0.236. The largest absolute Gasteiger partial charge is 0.294 e. The van der Waals surface area contributed by atoms with Crippen LogP contribution in [0.25, 0.3) is 0 Å². The summed E-state index contributed by atoms with van der Waals surface area (Å²) in [5.41, 5.74) is 3.79. The van der Waals surface area contributed by atoms with E-state index in [0.717, 1.165) is 0 Å². The van der Waals surface area contributed by atoms with E-state index in [0.29, 0.717) is 0 Å². The molecule has 0 saturated heterocycles. The van der Waals surface area contributed by atoms with Gasteiger partial charge in [-0.15, -0.1) is 0 Å². The van der Waals surface area contributed by atoms with E-state index in [4.69, 9.17) is 0 Å². The molecule has 0 bridgehead atoms. The third kappa shape index (κ3) is 2.62. The van der Waals surface area contributed by atoms with Crippen molar-refractivity contribution >= 4 is 0 Å². The number of likely N-dealkylation sites (N-methyl/N-ethyl adjacent to an activating group) is 1. The third-order valence-corrected chi connectivity index (χ3v) is 3.09. The Labute approximate surface area is 98.5 Å². The van der Waals surface area contributed by atoms with Gasteiger partial charge in [0.15, 0.2) is 0 Å². The van der Waals surface area contributed by atoms with E-state index < -0.39 is 0 Å². The Bertz CT molecular complexity index is 402. The lowest BCUT2D eigenvalue weighted by molar-refractivity contribution is 0.316. The van der Waals surface area contributed by atoms with Crippen molar-refractivity contribution in [3.63, 3.8) is 0 Å². The van der Waals surface area contributed by atoms with Gasteiger partial charge < -0.3 is 0 Å². The van der Waals surface area contributed by atoms with Gasteiger partial charge in [0, 0.05) is 5.92 Å². The molecule has 2 heteroatoms. The van der Waals surface area contributed by atoms with Crippen molar-refractivity contribution in [1.29, 1.82) is 5.26 Å². The van der Waals surface area contributed by atoms with Crippen molar-refractivity contribution in [2.24, 2.45) is 0 Å². The maximum absolute atomic E-state index is 9.20. The molecule has 2 unspecified atom stereocenters. The van der Waals surface area contributed by atoms with Crippen molar-refractivity contribution in [2.45, 2.75) is 32.7 Å². The summed E-state index contributed by atoms with van der Waals surface area (Å²) >= 11 is 0. The molecule has 0 aliphatic heterocycles. The molecular formula is C14H20N2. The van der Waals surface area contributed by atoms with E-state index in [1.165, 1.54) is 16.7 Å². The van der Waals surface area contributed by atoms with Crippen molar-refractivity contribution in [2.75, 3.05) is 14.1 Å². The number of rotatable bonds is 3. The maximum atomic E-state index is 9.20. The number of aryl methyl sites for hydroxylation is 2. The standard InChI is InChI=1S/C14H20N2/c1-10-6-7-11(2)13(8-10)12(3)14(9-15)16(4)5/h6-8,12,14H,1-5H3.